The molecule has 1 saturated carbocycles. The van der Waals surface area contributed by atoms with Crippen molar-refractivity contribution in [3.8, 4) is 0 Å². The molecule has 9 heteroatoms. The van der Waals surface area contributed by atoms with Gasteiger partial charge in [-0.05, 0) is 42.4 Å². The predicted octanol–water partition coefficient (Wildman–Crippen LogP) is 0.417. The van der Waals surface area contributed by atoms with Crippen LogP contribution in [0.2, 0.25) is 0 Å². The molecule has 1 unspecified atom stereocenters. The van der Waals surface area contributed by atoms with Crippen LogP contribution in [-0.4, -0.2) is 50.9 Å². The van der Waals surface area contributed by atoms with Gasteiger partial charge in [-0.15, -0.1) is 0 Å². The molecular formula is C17H22N4O4S. The summed E-state index contributed by atoms with van der Waals surface area (Å²) in [6.45, 7) is 3.15. The van der Waals surface area contributed by atoms with Gasteiger partial charge < -0.3 is 15.1 Å². The lowest BCUT2D eigenvalue weighted by atomic mass is 9.95. The molecule has 2 fully saturated rings. The molecule has 0 radical (unpaired) electrons. The second kappa shape index (κ2) is 5.68. The van der Waals surface area contributed by atoms with Crippen LogP contribution in [0, 0.1) is 5.41 Å². The van der Waals surface area contributed by atoms with Gasteiger partial charge in [-0.3, -0.25) is 4.79 Å². The lowest BCUT2D eigenvalue weighted by Gasteiger charge is -2.31. The third-order valence-electron chi connectivity index (χ3n) is 5.75. The van der Waals surface area contributed by atoms with E-state index < -0.39 is 10.0 Å². The van der Waals surface area contributed by atoms with Crippen LogP contribution in [0.1, 0.15) is 25.3 Å². The van der Waals surface area contributed by atoms with Crippen LogP contribution in [0.4, 0.5) is 10.5 Å². The fraction of sp³-hybridized carbons (Fsp3) is 0.529. The normalized spacial score (nSPS) is 23.8. The number of hydrogen-bond acceptors (Lipinski definition) is 4. The molecule has 1 atom stereocenters. The summed E-state index contributed by atoms with van der Waals surface area (Å²) in [4.78, 5) is 28.0. The Labute approximate surface area is 152 Å². The van der Waals surface area contributed by atoms with Crippen molar-refractivity contribution in [2.24, 2.45) is 10.6 Å². The summed E-state index contributed by atoms with van der Waals surface area (Å²) in [5.41, 5.74) is 1.57. The molecule has 3 amide bonds. The Balaban J connectivity index is 1.70. The first-order chi connectivity index (χ1) is 12.2. The largest absolute Gasteiger partial charge is 0.336 e. The first kappa shape index (κ1) is 17.3. The number of rotatable bonds is 4. The van der Waals surface area contributed by atoms with Crippen molar-refractivity contribution in [3.63, 3.8) is 0 Å². The minimum Gasteiger partial charge on any atom is -0.336 e. The maximum Gasteiger partial charge on any atom is 0.317 e. The van der Waals surface area contributed by atoms with Gasteiger partial charge in [0.05, 0.1) is 4.90 Å². The Hall–Kier alpha value is -2.13. The maximum atomic E-state index is 13.1. The summed E-state index contributed by atoms with van der Waals surface area (Å²) >= 11 is 0. The Morgan fingerprint density at radius 3 is 2.69 bits per heavy atom. The molecule has 1 aromatic carbocycles. The van der Waals surface area contributed by atoms with Crippen molar-refractivity contribution in [3.05, 3.63) is 23.8 Å². The van der Waals surface area contributed by atoms with Crippen molar-refractivity contribution in [2.45, 2.75) is 37.1 Å². The lowest BCUT2D eigenvalue weighted by Crippen LogP contribution is -2.47. The zero-order valence-electron chi connectivity index (χ0n) is 14.6. The van der Waals surface area contributed by atoms with Gasteiger partial charge in [0.15, 0.2) is 0 Å². The number of nitrogens with one attached hydrogen (secondary N) is 1. The SMILES string of the molecule is CC1(C2Cc3ccc(S(N)(=O)=O)cc3N2C(=O)CN2CCNC2=O)CC1. The summed E-state index contributed by atoms with van der Waals surface area (Å²) in [5.74, 6) is -0.189. The molecule has 0 bridgehead atoms. The predicted molar refractivity (Wildman–Crippen MR) is 95.1 cm³/mol. The van der Waals surface area contributed by atoms with E-state index in [1.807, 2.05) is 0 Å². The number of carbonyl (C=O) groups excluding carboxylic acids is 2. The van der Waals surface area contributed by atoms with Crippen LogP contribution in [-0.2, 0) is 21.2 Å². The van der Waals surface area contributed by atoms with Gasteiger partial charge >= 0.3 is 6.03 Å². The van der Waals surface area contributed by atoms with E-state index in [0.717, 1.165) is 18.4 Å². The summed E-state index contributed by atoms with van der Waals surface area (Å²) in [6.07, 6.45) is 2.75. The van der Waals surface area contributed by atoms with Gasteiger partial charge in [-0.25, -0.2) is 18.4 Å². The Morgan fingerprint density at radius 2 is 2.12 bits per heavy atom. The van der Waals surface area contributed by atoms with Gasteiger partial charge in [0.2, 0.25) is 15.9 Å². The van der Waals surface area contributed by atoms with Crippen LogP contribution < -0.4 is 15.4 Å². The van der Waals surface area contributed by atoms with E-state index in [1.54, 1.807) is 11.0 Å². The Kier molecular flexibility index (Phi) is 3.78. The third-order valence-corrected chi connectivity index (χ3v) is 6.66. The number of benzene rings is 1. The van der Waals surface area contributed by atoms with Gasteiger partial charge in [0.1, 0.15) is 6.54 Å². The van der Waals surface area contributed by atoms with Crippen molar-refractivity contribution in [2.75, 3.05) is 24.5 Å². The molecule has 4 rings (SSSR count). The Morgan fingerprint density at radius 1 is 1.38 bits per heavy atom. The zero-order chi connectivity index (χ0) is 18.7. The molecule has 1 saturated heterocycles. The van der Waals surface area contributed by atoms with E-state index in [0.29, 0.717) is 25.2 Å². The topological polar surface area (TPSA) is 113 Å². The molecule has 1 aromatic rings. The second-order valence-electron chi connectivity index (χ2n) is 7.63. The number of carbonyl (C=O) groups is 2. The molecular weight excluding hydrogens is 356 g/mol. The van der Waals surface area contributed by atoms with Crippen molar-refractivity contribution < 1.29 is 18.0 Å². The molecule has 8 nitrogen and oxygen atoms in total. The second-order valence-corrected chi connectivity index (χ2v) is 9.19. The first-order valence-corrected chi connectivity index (χ1v) is 10.2. The molecule has 26 heavy (non-hydrogen) atoms. The summed E-state index contributed by atoms with van der Waals surface area (Å²) in [5, 5.41) is 7.95. The number of sulfonamides is 1. The standard InChI is InChI=1S/C17H22N4O4S/c1-17(4-5-17)14-8-11-2-3-12(26(18,24)25)9-13(11)21(14)15(22)10-20-7-6-19-16(20)23/h2-3,9,14H,4-8,10H2,1H3,(H,19,23)(H2,18,24,25). The Bertz CT molecular complexity index is 894. The number of nitrogens with two attached hydrogens (primary N) is 1. The molecule has 0 aromatic heterocycles. The summed E-state index contributed by atoms with van der Waals surface area (Å²) in [7, 11) is -3.85. The quantitative estimate of drug-likeness (QED) is 0.790. The summed E-state index contributed by atoms with van der Waals surface area (Å²) < 4.78 is 23.5. The highest BCUT2D eigenvalue weighted by molar-refractivity contribution is 7.89. The highest BCUT2D eigenvalue weighted by Crippen LogP contribution is 2.54. The van der Waals surface area contributed by atoms with E-state index in [2.05, 4.69) is 12.2 Å². The number of fused-ring (bicyclic) bond motifs is 1. The highest BCUT2D eigenvalue weighted by atomic mass is 32.2. The zero-order valence-corrected chi connectivity index (χ0v) is 15.4. The fourth-order valence-electron chi connectivity index (χ4n) is 3.88. The number of primary sulfonamides is 1. The van der Waals surface area contributed by atoms with E-state index in [9.17, 15) is 18.0 Å². The average molecular weight is 378 g/mol. The van der Waals surface area contributed by atoms with Crippen LogP contribution in [0.3, 0.4) is 0 Å². The number of anilines is 1. The van der Waals surface area contributed by atoms with Gasteiger partial charge in [0.25, 0.3) is 0 Å². The van der Waals surface area contributed by atoms with Gasteiger partial charge in [0, 0.05) is 24.8 Å². The third kappa shape index (κ3) is 2.84. The van der Waals surface area contributed by atoms with E-state index in [-0.39, 0.29) is 34.8 Å². The van der Waals surface area contributed by atoms with Gasteiger partial charge in [-0.2, -0.15) is 0 Å². The minimum absolute atomic E-state index is 0.00503. The van der Waals surface area contributed by atoms with Crippen LogP contribution in [0.15, 0.2) is 23.1 Å². The number of amides is 3. The molecule has 2 aliphatic heterocycles. The highest BCUT2D eigenvalue weighted by Gasteiger charge is 2.52. The van der Waals surface area contributed by atoms with Crippen molar-refractivity contribution in [1.82, 2.24) is 10.2 Å². The average Bonchev–Trinajstić information content (AvgIpc) is 3.01. The molecule has 0 spiro atoms. The van der Waals surface area contributed by atoms with Crippen LogP contribution in [0.5, 0.6) is 0 Å². The summed E-state index contributed by atoms with van der Waals surface area (Å²) in [6, 6.07) is 4.45. The molecule has 2 heterocycles. The van der Waals surface area contributed by atoms with E-state index >= 15 is 0 Å². The maximum absolute atomic E-state index is 13.1. The van der Waals surface area contributed by atoms with Gasteiger partial charge in [-0.1, -0.05) is 13.0 Å². The molecule has 3 aliphatic rings. The van der Waals surface area contributed by atoms with Crippen LogP contribution >= 0.6 is 0 Å². The first-order valence-electron chi connectivity index (χ1n) is 8.70. The number of nitrogens with zero attached hydrogens (tertiary/aromatic N) is 2. The molecule has 3 N–H and O–H groups in total. The fourth-order valence-corrected chi connectivity index (χ4v) is 4.42. The molecule has 140 valence electrons. The lowest BCUT2D eigenvalue weighted by molar-refractivity contribution is -0.119. The number of hydrogen-bond donors (Lipinski definition) is 2. The smallest absolute Gasteiger partial charge is 0.317 e. The minimum atomic E-state index is -3.85. The van der Waals surface area contributed by atoms with E-state index in [4.69, 9.17) is 5.14 Å². The monoisotopic (exact) mass is 378 g/mol. The van der Waals surface area contributed by atoms with Crippen LogP contribution in [0.25, 0.3) is 0 Å². The molecule has 1 aliphatic carbocycles. The van der Waals surface area contributed by atoms with E-state index in [1.165, 1.54) is 17.0 Å². The number of urea groups is 1. The van der Waals surface area contributed by atoms with Crippen molar-refractivity contribution >= 4 is 27.6 Å². The van der Waals surface area contributed by atoms with Crippen molar-refractivity contribution in [1.29, 1.82) is 0 Å².